The summed E-state index contributed by atoms with van der Waals surface area (Å²) in [7, 11) is 0. The molecular weight excluding hydrogens is 310 g/mol. The van der Waals surface area contributed by atoms with Gasteiger partial charge in [0.1, 0.15) is 0 Å². The Morgan fingerprint density at radius 3 is 2.50 bits per heavy atom. The molecule has 0 aliphatic rings. The molecular formula is C18H14BrN. The number of pyridine rings is 1. The third-order valence-electron chi connectivity index (χ3n) is 3.33. The Balaban J connectivity index is 2.12. The van der Waals surface area contributed by atoms with Crippen LogP contribution in [0.15, 0.2) is 71.3 Å². The molecule has 20 heavy (non-hydrogen) atoms. The number of hydrogen-bond donors (Lipinski definition) is 0. The summed E-state index contributed by atoms with van der Waals surface area (Å²) in [6, 6.07) is 20.9. The van der Waals surface area contributed by atoms with Crippen LogP contribution in [0.1, 0.15) is 5.56 Å². The predicted molar refractivity (Wildman–Crippen MR) is 87.5 cm³/mol. The molecule has 0 bridgehead atoms. The third-order valence-corrected chi connectivity index (χ3v) is 3.83. The Labute approximate surface area is 127 Å². The highest BCUT2D eigenvalue weighted by atomic mass is 79.9. The van der Waals surface area contributed by atoms with Crippen LogP contribution < -0.4 is 0 Å². The molecule has 0 saturated carbocycles. The van der Waals surface area contributed by atoms with Gasteiger partial charge >= 0.3 is 0 Å². The molecule has 1 nitrogen and oxygen atoms in total. The van der Waals surface area contributed by atoms with E-state index in [0.29, 0.717) is 0 Å². The normalized spacial score (nSPS) is 10.5. The Kier molecular flexibility index (Phi) is 3.66. The lowest BCUT2D eigenvalue weighted by Crippen LogP contribution is -1.87. The zero-order valence-corrected chi connectivity index (χ0v) is 12.8. The van der Waals surface area contributed by atoms with E-state index < -0.39 is 0 Å². The summed E-state index contributed by atoms with van der Waals surface area (Å²) in [4.78, 5) is 4.42. The molecule has 0 atom stereocenters. The van der Waals surface area contributed by atoms with Gasteiger partial charge in [-0.15, -0.1) is 0 Å². The third kappa shape index (κ3) is 2.66. The number of nitrogens with zero attached hydrogens (tertiary/aromatic N) is 1. The number of aryl methyl sites for hydroxylation is 1. The summed E-state index contributed by atoms with van der Waals surface area (Å²) in [6.07, 6.45) is 1.83. The van der Waals surface area contributed by atoms with Crippen molar-refractivity contribution in [3.63, 3.8) is 0 Å². The van der Waals surface area contributed by atoms with Crippen molar-refractivity contribution in [2.75, 3.05) is 0 Å². The SMILES string of the molecule is Cc1ccc(-c2ccccn2)cc1-c1cccc(Br)c1. The number of aromatic nitrogens is 1. The van der Waals surface area contributed by atoms with E-state index in [1.165, 1.54) is 16.7 Å². The van der Waals surface area contributed by atoms with Crippen LogP contribution in [-0.2, 0) is 0 Å². The average Bonchev–Trinajstić information content (AvgIpc) is 2.48. The number of rotatable bonds is 2. The van der Waals surface area contributed by atoms with Crippen molar-refractivity contribution >= 4 is 15.9 Å². The van der Waals surface area contributed by atoms with E-state index in [9.17, 15) is 0 Å². The molecule has 1 aromatic heterocycles. The predicted octanol–water partition coefficient (Wildman–Crippen LogP) is 5.49. The molecule has 0 aliphatic heterocycles. The molecule has 0 N–H and O–H groups in total. The molecule has 2 aromatic carbocycles. The zero-order chi connectivity index (χ0) is 13.9. The van der Waals surface area contributed by atoms with E-state index >= 15 is 0 Å². The molecule has 98 valence electrons. The molecule has 0 fully saturated rings. The quantitative estimate of drug-likeness (QED) is 0.608. The van der Waals surface area contributed by atoms with Gasteiger partial charge in [0.2, 0.25) is 0 Å². The minimum absolute atomic E-state index is 1.00. The Hall–Kier alpha value is -1.93. The van der Waals surface area contributed by atoms with Crippen LogP contribution in [0.3, 0.4) is 0 Å². The Bertz CT molecular complexity index is 735. The monoisotopic (exact) mass is 323 g/mol. The fourth-order valence-electron chi connectivity index (χ4n) is 2.28. The molecule has 2 heteroatoms. The smallest absolute Gasteiger partial charge is 0.0702 e. The molecule has 0 aliphatic carbocycles. The van der Waals surface area contributed by atoms with Crippen molar-refractivity contribution in [3.05, 3.63) is 76.9 Å². The lowest BCUT2D eigenvalue weighted by Gasteiger charge is -2.09. The fourth-order valence-corrected chi connectivity index (χ4v) is 2.68. The van der Waals surface area contributed by atoms with E-state index in [4.69, 9.17) is 0 Å². The van der Waals surface area contributed by atoms with Gasteiger partial charge in [0.15, 0.2) is 0 Å². The van der Waals surface area contributed by atoms with Crippen molar-refractivity contribution in [1.29, 1.82) is 0 Å². The van der Waals surface area contributed by atoms with Gasteiger partial charge in [-0.25, -0.2) is 0 Å². The molecule has 3 aromatic rings. The number of hydrogen-bond acceptors (Lipinski definition) is 1. The lowest BCUT2D eigenvalue weighted by atomic mass is 9.97. The van der Waals surface area contributed by atoms with Gasteiger partial charge in [-0.3, -0.25) is 4.98 Å². The van der Waals surface area contributed by atoms with Gasteiger partial charge in [0, 0.05) is 16.2 Å². The first-order valence-corrected chi connectivity index (χ1v) is 7.31. The van der Waals surface area contributed by atoms with Crippen LogP contribution in [-0.4, -0.2) is 4.98 Å². The van der Waals surface area contributed by atoms with Crippen molar-refractivity contribution in [3.8, 4) is 22.4 Å². The maximum atomic E-state index is 4.42. The average molecular weight is 324 g/mol. The van der Waals surface area contributed by atoms with E-state index in [1.54, 1.807) is 0 Å². The van der Waals surface area contributed by atoms with Gasteiger partial charge in [-0.05, 0) is 53.9 Å². The van der Waals surface area contributed by atoms with Gasteiger partial charge in [-0.2, -0.15) is 0 Å². The fraction of sp³-hybridized carbons (Fsp3) is 0.0556. The molecule has 0 radical (unpaired) electrons. The molecule has 0 amide bonds. The molecule has 1 heterocycles. The van der Waals surface area contributed by atoms with Crippen molar-refractivity contribution in [2.24, 2.45) is 0 Å². The summed E-state index contributed by atoms with van der Waals surface area (Å²) in [6.45, 7) is 2.14. The van der Waals surface area contributed by atoms with E-state index in [0.717, 1.165) is 15.7 Å². The second-order valence-electron chi connectivity index (χ2n) is 4.76. The van der Waals surface area contributed by atoms with Gasteiger partial charge in [0.25, 0.3) is 0 Å². The maximum Gasteiger partial charge on any atom is 0.0702 e. The minimum atomic E-state index is 1.00. The van der Waals surface area contributed by atoms with Gasteiger partial charge in [-0.1, -0.05) is 46.3 Å². The van der Waals surface area contributed by atoms with Crippen LogP contribution in [0.2, 0.25) is 0 Å². The Morgan fingerprint density at radius 1 is 0.850 bits per heavy atom. The maximum absolute atomic E-state index is 4.42. The highest BCUT2D eigenvalue weighted by Crippen LogP contribution is 2.29. The van der Waals surface area contributed by atoms with Crippen LogP contribution >= 0.6 is 15.9 Å². The number of benzene rings is 2. The van der Waals surface area contributed by atoms with Gasteiger partial charge < -0.3 is 0 Å². The summed E-state index contributed by atoms with van der Waals surface area (Å²) in [5, 5.41) is 0. The minimum Gasteiger partial charge on any atom is -0.256 e. The first-order chi connectivity index (χ1) is 9.74. The summed E-state index contributed by atoms with van der Waals surface area (Å²) < 4.78 is 1.10. The van der Waals surface area contributed by atoms with E-state index in [-0.39, 0.29) is 0 Å². The standard InChI is InChI=1S/C18H14BrN/c1-13-8-9-15(18-7-2-3-10-20-18)12-17(13)14-5-4-6-16(19)11-14/h2-12H,1H3. The van der Waals surface area contributed by atoms with Crippen LogP contribution in [0.5, 0.6) is 0 Å². The molecule has 3 rings (SSSR count). The topological polar surface area (TPSA) is 12.9 Å². The molecule has 0 spiro atoms. The zero-order valence-electron chi connectivity index (χ0n) is 11.2. The van der Waals surface area contributed by atoms with Crippen LogP contribution in [0, 0.1) is 6.92 Å². The first kappa shape index (κ1) is 13.1. The second kappa shape index (κ2) is 5.59. The van der Waals surface area contributed by atoms with Crippen molar-refractivity contribution < 1.29 is 0 Å². The summed E-state index contributed by atoms with van der Waals surface area (Å²) in [5.41, 5.74) is 5.88. The van der Waals surface area contributed by atoms with Crippen LogP contribution in [0.25, 0.3) is 22.4 Å². The van der Waals surface area contributed by atoms with E-state index in [1.807, 2.05) is 30.5 Å². The van der Waals surface area contributed by atoms with Crippen molar-refractivity contribution in [1.82, 2.24) is 4.98 Å². The second-order valence-corrected chi connectivity index (χ2v) is 5.67. The van der Waals surface area contributed by atoms with Gasteiger partial charge in [0.05, 0.1) is 5.69 Å². The largest absolute Gasteiger partial charge is 0.256 e. The lowest BCUT2D eigenvalue weighted by molar-refractivity contribution is 1.32. The first-order valence-electron chi connectivity index (χ1n) is 6.52. The summed E-state index contributed by atoms with van der Waals surface area (Å²) >= 11 is 3.54. The number of halogens is 1. The van der Waals surface area contributed by atoms with Crippen molar-refractivity contribution in [2.45, 2.75) is 6.92 Å². The highest BCUT2D eigenvalue weighted by Gasteiger charge is 2.06. The summed E-state index contributed by atoms with van der Waals surface area (Å²) in [5.74, 6) is 0. The molecule has 0 saturated heterocycles. The van der Waals surface area contributed by atoms with Crippen LogP contribution in [0.4, 0.5) is 0 Å². The molecule has 0 unspecified atom stereocenters. The Morgan fingerprint density at radius 2 is 1.75 bits per heavy atom. The van der Waals surface area contributed by atoms with E-state index in [2.05, 4.69) is 64.2 Å². The highest BCUT2D eigenvalue weighted by molar-refractivity contribution is 9.10.